The van der Waals surface area contributed by atoms with Crippen molar-refractivity contribution in [3.05, 3.63) is 41.0 Å². The average Bonchev–Trinajstić information content (AvgIpc) is 2.64. The molecule has 84 valence electrons. The predicted octanol–water partition coefficient (Wildman–Crippen LogP) is 3.78. The standard InChI is InChI=1S/C15H18O/c1-3-4-9-15(16)14-10-12-7-5-6-8-13(12)11(14)2/h5-8H,3-4,9-10H2,1-2H3. The van der Waals surface area contributed by atoms with Crippen molar-refractivity contribution < 1.29 is 4.79 Å². The van der Waals surface area contributed by atoms with Gasteiger partial charge in [-0.3, -0.25) is 4.79 Å². The Morgan fingerprint density at radius 2 is 2.06 bits per heavy atom. The molecule has 0 N–H and O–H groups in total. The van der Waals surface area contributed by atoms with Crippen LogP contribution in [0.15, 0.2) is 29.8 Å². The minimum Gasteiger partial charge on any atom is -0.295 e. The van der Waals surface area contributed by atoms with Crippen LogP contribution in [0.3, 0.4) is 0 Å². The Morgan fingerprint density at radius 1 is 1.31 bits per heavy atom. The van der Waals surface area contributed by atoms with Crippen molar-refractivity contribution in [2.24, 2.45) is 0 Å². The van der Waals surface area contributed by atoms with Crippen LogP contribution in [0, 0.1) is 0 Å². The fraction of sp³-hybridized carbons (Fsp3) is 0.400. The lowest BCUT2D eigenvalue weighted by molar-refractivity contribution is -0.115. The smallest absolute Gasteiger partial charge is 0.159 e. The Labute approximate surface area is 97.2 Å². The molecule has 2 rings (SSSR count). The van der Waals surface area contributed by atoms with Gasteiger partial charge in [0.15, 0.2) is 5.78 Å². The summed E-state index contributed by atoms with van der Waals surface area (Å²) in [5, 5.41) is 0. The van der Waals surface area contributed by atoms with Crippen LogP contribution < -0.4 is 0 Å². The first kappa shape index (κ1) is 11.1. The van der Waals surface area contributed by atoms with Crippen molar-refractivity contribution in [1.82, 2.24) is 0 Å². The monoisotopic (exact) mass is 214 g/mol. The zero-order valence-electron chi connectivity index (χ0n) is 10.0. The first-order valence-corrected chi connectivity index (χ1v) is 6.05. The van der Waals surface area contributed by atoms with Gasteiger partial charge in [-0.15, -0.1) is 0 Å². The summed E-state index contributed by atoms with van der Waals surface area (Å²) < 4.78 is 0. The second-order valence-corrected chi connectivity index (χ2v) is 4.46. The van der Waals surface area contributed by atoms with Gasteiger partial charge >= 0.3 is 0 Å². The molecule has 0 fully saturated rings. The number of hydrogen-bond acceptors (Lipinski definition) is 1. The van der Waals surface area contributed by atoms with Gasteiger partial charge in [0.1, 0.15) is 0 Å². The highest BCUT2D eigenvalue weighted by Crippen LogP contribution is 2.33. The SMILES string of the molecule is CCCCC(=O)C1=C(C)c2ccccc2C1. The predicted molar refractivity (Wildman–Crippen MR) is 67.3 cm³/mol. The summed E-state index contributed by atoms with van der Waals surface area (Å²) in [7, 11) is 0. The quantitative estimate of drug-likeness (QED) is 0.745. The Hall–Kier alpha value is -1.37. The molecule has 0 heterocycles. The second kappa shape index (κ2) is 4.65. The van der Waals surface area contributed by atoms with E-state index in [1.54, 1.807) is 0 Å². The Morgan fingerprint density at radius 3 is 2.75 bits per heavy atom. The number of fused-ring (bicyclic) bond motifs is 1. The fourth-order valence-corrected chi connectivity index (χ4v) is 2.32. The van der Waals surface area contributed by atoms with Crippen LogP contribution in [0.25, 0.3) is 5.57 Å². The molecule has 0 aliphatic heterocycles. The van der Waals surface area contributed by atoms with Crippen LogP contribution in [-0.4, -0.2) is 5.78 Å². The Kier molecular flexibility index (Phi) is 3.23. The zero-order chi connectivity index (χ0) is 11.5. The highest BCUT2D eigenvalue weighted by Gasteiger charge is 2.22. The van der Waals surface area contributed by atoms with Gasteiger partial charge in [0.2, 0.25) is 0 Å². The molecule has 0 atom stereocenters. The van der Waals surface area contributed by atoms with E-state index in [2.05, 4.69) is 26.0 Å². The summed E-state index contributed by atoms with van der Waals surface area (Å²) in [4.78, 5) is 12.0. The summed E-state index contributed by atoms with van der Waals surface area (Å²) in [6, 6.07) is 8.33. The van der Waals surface area contributed by atoms with Crippen LogP contribution in [0.2, 0.25) is 0 Å². The van der Waals surface area contributed by atoms with E-state index in [1.165, 1.54) is 16.7 Å². The molecule has 0 amide bonds. The maximum absolute atomic E-state index is 12.0. The molecule has 0 radical (unpaired) electrons. The maximum Gasteiger partial charge on any atom is 0.159 e. The van der Waals surface area contributed by atoms with Crippen LogP contribution in [0.1, 0.15) is 44.2 Å². The molecule has 1 aromatic carbocycles. The number of carbonyl (C=O) groups excluding carboxylic acids is 1. The normalized spacial score (nSPS) is 14.1. The van der Waals surface area contributed by atoms with E-state index in [1.807, 2.05) is 12.1 Å². The largest absolute Gasteiger partial charge is 0.295 e. The summed E-state index contributed by atoms with van der Waals surface area (Å²) in [6.45, 7) is 4.20. The van der Waals surface area contributed by atoms with Crippen molar-refractivity contribution in [1.29, 1.82) is 0 Å². The lowest BCUT2D eigenvalue weighted by Crippen LogP contribution is -2.03. The third kappa shape index (κ3) is 1.95. The van der Waals surface area contributed by atoms with Crippen molar-refractivity contribution in [3.63, 3.8) is 0 Å². The molecule has 0 aromatic heterocycles. The molecular formula is C15H18O. The van der Waals surface area contributed by atoms with E-state index in [9.17, 15) is 4.79 Å². The lowest BCUT2D eigenvalue weighted by Gasteiger charge is -2.02. The van der Waals surface area contributed by atoms with Crippen LogP contribution in [0.4, 0.5) is 0 Å². The van der Waals surface area contributed by atoms with Gasteiger partial charge < -0.3 is 0 Å². The molecule has 1 aliphatic rings. The Bertz CT molecular complexity index is 441. The van der Waals surface area contributed by atoms with E-state index in [0.717, 1.165) is 24.8 Å². The third-order valence-corrected chi connectivity index (χ3v) is 3.34. The second-order valence-electron chi connectivity index (χ2n) is 4.46. The molecule has 0 saturated heterocycles. The summed E-state index contributed by atoms with van der Waals surface area (Å²) in [5.74, 6) is 0.343. The number of rotatable bonds is 4. The summed E-state index contributed by atoms with van der Waals surface area (Å²) in [5.41, 5.74) is 4.80. The number of allylic oxidation sites excluding steroid dienone is 2. The minimum atomic E-state index is 0.343. The molecule has 1 nitrogen and oxygen atoms in total. The highest BCUT2D eigenvalue weighted by molar-refractivity contribution is 6.04. The first-order valence-electron chi connectivity index (χ1n) is 6.05. The van der Waals surface area contributed by atoms with Gasteiger partial charge in [0, 0.05) is 18.4 Å². The van der Waals surface area contributed by atoms with Gasteiger partial charge in [-0.05, 0) is 30.0 Å². The number of unbranched alkanes of at least 4 members (excludes halogenated alkanes) is 1. The van der Waals surface area contributed by atoms with E-state index >= 15 is 0 Å². The van der Waals surface area contributed by atoms with Gasteiger partial charge in [-0.25, -0.2) is 0 Å². The van der Waals surface area contributed by atoms with Crippen LogP contribution in [-0.2, 0) is 11.2 Å². The molecule has 1 heteroatoms. The van der Waals surface area contributed by atoms with E-state index < -0.39 is 0 Å². The molecule has 1 aliphatic carbocycles. The van der Waals surface area contributed by atoms with Crippen molar-refractivity contribution in [2.45, 2.75) is 39.5 Å². The number of carbonyl (C=O) groups is 1. The highest BCUT2D eigenvalue weighted by atomic mass is 16.1. The zero-order valence-corrected chi connectivity index (χ0v) is 10.0. The van der Waals surface area contributed by atoms with Gasteiger partial charge in [-0.2, -0.15) is 0 Å². The van der Waals surface area contributed by atoms with E-state index in [0.29, 0.717) is 12.2 Å². The first-order chi connectivity index (χ1) is 7.74. The van der Waals surface area contributed by atoms with E-state index in [4.69, 9.17) is 0 Å². The number of benzene rings is 1. The number of Topliss-reactive ketones (excluding diaryl/α,β-unsaturated/α-hetero) is 1. The molecule has 16 heavy (non-hydrogen) atoms. The van der Waals surface area contributed by atoms with Crippen LogP contribution >= 0.6 is 0 Å². The maximum atomic E-state index is 12.0. The van der Waals surface area contributed by atoms with Gasteiger partial charge in [0.25, 0.3) is 0 Å². The lowest BCUT2D eigenvalue weighted by atomic mass is 10.0. The van der Waals surface area contributed by atoms with Gasteiger partial charge in [-0.1, -0.05) is 37.6 Å². The van der Waals surface area contributed by atoms with E-state index in [-0.39, 0.29) is 0 Å². The molecular weight excluding hydrogens is 196 g/mol. The van der Waals surface area contributed by atoms with Crippen LogP contribution in [0.5, 0.6) is 0 Å². The van der Waals surface area contributed by atoms with Crippen molar-refractivity contribution in [3.8, 4) is 0 Å². The summed E-state index contributed by atoms with van der Waals surface area (Å²) in [6.07, 6.45) is 3.64. The summed E-state index contributed by atoms with van der Waals surface area (Å²) >= 11 is 0. The van der Waals surface area contributed by atoms with Crippen molar-refractivity contribution in [2.75, 3.05) is 0 Å². The van der Waals surface area contributed by atoms with Gasteiger partial charge in [0.05, 0.1) is 0 Å². The molecule has 1 aromatic rings. The topological polar surface area (TPSA) is 17.1 Å². The number of hydrogen-bond donors (Lipinski definition) is 0. The number of ketones is 1. The molecule has 0 bridgehead atoms. The van der Waals surface area contributed by atoms with Crippen molar-refractivity contribution >= 4 is 11.4 Å². The molecule has 0 saturated carbocycles. The third-order valence-electron chi connectivity index (χ3n) is 3.34. The molecule has 0 unspecified atom stereocenters. The fourth-order valence-electron chi connectivity index (χ4n) is 2.32. The Balaban J connectivity index is 2.21. The minimum absolute atomic E-state index is 0.343. The average molecular weight is 214 g/mol. The molecule has 0 spiro atoms.